The van der Waals surface area contributed by atoms with Crippen LogP contribution in [0.25, 0.3) is 0 Å². The molecule has 0 rings (SSSR count). The number of carbonyl (C=O) groups is 2. The molecule has 0 aromatic heterocycles. The van der Waals surface area contributed by atoms with E-state index >= 15 is 0 Å². The summed E-state index contributed by atoms with van der Waals surface area (Å²) >= 11 is 1.80. The van der Waals surface area contributed by atoms with Gasteiger partial charge in [0.2, 0.25) is 11.8 Å². The smallest absolute Gasteiger partial charge is 0.383 e. The number of phosphoric ester groups is 1. The van der Waals surface area contributed by atoms with Gasteiger partial charge in [-0.05, 0) is 12.2 Å². The van der Waals surface area contributed by atoms with Crippen molar-refractivity contribution in [1.29, 1.82) is 0 Å². The minimum absolute atomic E-state index is 0.0149. The van der Waals surface area contributed by atoms with Gasteiger partial charge < -0.3 is 30.4 Å². The average Bonchev–Trinajstić information content (AvgIpc) is 2.89. The first-order valence-electron chi connectivity index (χ1n) is 15.2. The van der Waals surface area contributed by atoms with Crippen LogP contribution in [0.3, 0.4) is 0 Å². The molecule has 0 spiro atoms. The first-order valence-corrected chi connectivity index (χ1v) is 19.4. The molecule has 0 aliphatic heterocycles. The van der Waals surface area contributed by atoms with Gasteiger partial charge in [-0.1, -0.05) is 104 Å². The number of thioether (sulfide) groups is 1. The van der Waals surface area contributed by atoms with Crippen LogP contribution in [0, 0.1) is 5.41 Å². The van der Waals surface area contributed by atoms with Crippen LogP contribution in [-0.2, 0) is 27.6 Å². The van der Waals surface area contributed by atoms with Crippen molar-refractivity contribution in [2.45, 2.75) is 123 Å². The topological polar surface area (TPSA) is 192 Å². The van der Waals surface area contributed by atoms with Gasteiger partial charge in [-0.15, -0.1) is 0 Å². The number of aliphatic hydroxyl groups excluding tert-OH is 1. The molecule has 0 saturated heterocycles. The highest BCUT2D eigenvalue weighted by Gasteiger charge is 2.39. The van der Waals surface area contributed by atoms with E-state index in [1.807, 2.05) is 0 Å². The lowest BCUT2D eigenvalue weighted by Crippen LogP contribution is -2.46. The van der Waals surface area contributed by atoms with Crippen LogP contribution in [0.5, 0.6) is 0 Å². The lowest BCUT2D eigenvalue weighted by atomic mass is 9.87. The highest BCUT2D eigenvalue weighted by molar-refractivity contribution is 7.99. The summed E-state index contributed by atoms with van der Waals surface area (Å²) in [5, 5.41) is 15.5. The minimum atomic E-state index is -5.28. The Morgan fingerprint density at radius 3 is 1.79 bits per heavy atom. The minimum Gasteiger partial charge on any atom is -0.383 e. The van der Waals surface area contributed by atoms with E-state index in [2.05, 4.69) is 26.4 Å². The molecule has 0 aromatic carbocycles. The highest BCUT2D eigenvalue weighted by Crippen LogP contribution is 2.58. The number of rotatable bonds is 28. The quantitative estimate of drug-likeness (QED) is 0.0462. The third-order valence-corrected chi connectivity index (χ3v) is 9.86. The molecule has 0 saturated carbocycles. The number of phosphoric acid groups is 2. The van der Waals surface area contributed by atoms with Gasteiger partial charge in [0.25, 0.3) is 0 Å². The Bertz CT molecular complexity index is 829. The number of amides is 2. The summed E-state index contributed by atoms with van der Waals surface area (Å²) in [5.41, 5.74) is -1.41. The van der Waals surface area contributed by atoms with Gasteiger partial charge >= 0.3 is 15.6 Å². The summed E-state index contributed by atoms with van der Waals surface area (Å²) in [7, 11) is -10.4. The molecule has 0 heterocycles. The van der Waals surface area contributed by atoms with Gasteiger partial charge in [-0.3, -0.25) is 14.1 Å². The Balaban J connectivity index is 3.74. The Kier molecular flexibility index (Phi) is 23.6. The summed E-state index contributed by atoms with van der Waals surface area (Å²) in [4.78, 5) is 50.8. The first kappa shape index (κ1) is 41.5. The van der Waals surface area contributed by atoms with Crippen LogP contribution in [0.15, 0.2) is 0 Å². The van der Waals surface area contributed by atoms with Gasteiger partial charge in [0.05, 0.1) is 6.61 Å². The van der Waals surface area contributed by atoms with E-state index in [1.54, 1.807) is 11.8 Å². The zero-order chi connectivity index (χ0) is 31.9. The lowest BCUT2D eigenvalue weighted by Gasteiger charge is -2.29. The maximum Gasteiger partial charge on any atom is 0.481 e. The van der Waals surface area contributed by atoms with E-state index in [9.17, 15) is 28.7 Å². The van der Waals surface area contributed by atoms with Crippen LogP contribution in [0.1, 0.15) is 117 Å². The average molecular weight is 663 g/mol. The molecule has 0 aliphatic carbocycles. The molecule has 15 heteroatoms. The maximum absolute atomic E-state index is 12.2. The number of hydrogen-bond acceptors (Lipinski definition) is 8. The van der Waals surface area contributed by atoms with Crippen LogP contribution < -0.4 is 10.6 Å². The second-order valence-electron chi connectivity index (χ2n) is 11.3. The van der Waals surface area contributed by atoms with Gasteiger partial charge in [-0.2, -0.15) is 16.1 Å². The Labute approximate surface area is 256 Å². The molecule has 1 unspecified atom stereocenters. The molecule has 6 N–H and O–H groups in total. The predicted molar refractivity (Wildman–Crippen MR) is 167 cm³/mol. The molecular weight excluding hydrogens is 606 g/mol. The number of nitrogens with one attached hydrogen (secondary N) is 2. The largest absolute Gasteiger partial charge is 0.481 e. The molecule has 0 fully saturated rings. The molecule has 2 amide bonds. The Hall–Kier alpha value is -0.490. The van der Waals surface area contributed by atoms with Crippen molar-refractivity contribution < 1.29 is 47.3 Å². The zero-order valence-corrected chi connectivity index (χ0v) is 28.4. The van der Waals surface area contributed by atoms with Crippen molar-refractivity contribution in [2.24, 2.45) is 5.41 Å². The van der Waals surface area contributed by atoms with Crippen molar-refractivity contribution in [3.05, 3.63) is 0 Å². The second-order valence-corrected chi connectivity index (χ2v) is 15.4. The van der Waals surface area contributed by atoms with Crippen LogP contribution in [0.2, 0.25) is 0 Å². The highest BCUT2D eigenvalue weighted by atomic mass is 32.2. The van der Waals surface area contributed by atoms with E-state index in [-0.39, 0.29) is 18.9 Å². The summed E-state index contributed by atoms with van der Waals surface area (Å²) < 4.78 is 30.5. The lowest BCUT2D eigenvalue weighted by molar-refractivity contribution is -0.137. The monoisotopic (exact) mass is 662 g/mol. The second kappa shape index (κ2) is 23.8. The van der Waals surface area contributed by atoms with Crippen molar-refractivity contribution in [2.75, 3.05) is 31.2 Å². The molecule has 0 aromatic rings. The number of carbonyl (C=O) groups excluding carboxylic acids is 2. The molecule has 0 aliphatic rings. The van der Waals surface area contributed by atoms with Crippen molar-refractivity contribution in [1.82, 2.24) is 10.6 Å². The van der Waals surface area contributed by atoms with Gasteiger partial charge in [0.1, 0.15) is 6.10 Å². The van der Waals surface area contributed by atoms with Crippen molar-refractivity contribution >= 4 is 39.2 Å². The van der Waals surface area contributed by atoms with E-state index < -0.39 is 39.7 Å². The molecule has 0 bridgehead atoms. The molecule has 0 radical (unpaired) electrons. The maximum atomic E-state index is 12.2. The van der Waals surface area contributed by atoms with E-state index in [0.29, 0.717) is 6.54 Å². The SMILES string of the molecule is CCCCCCCCCCCCCCCCSCCNC(=O)CCNC(=O)[C@@H](O)C(C)(C)COP(=O)(O)OP(=O)(O)O. The van der Waals surface area contributed by atoms with E-state index in [1.165, 1.54) is 104 Å². The molecule has 42 heavy (non-hydrogen) atoms. The fourth-order valence-electron chi connectivity index (χ4n) is 4.09. The summed E-state index contributed by atoms with van der Waals surface area (Å²) in [6.45, 7) is 4.73. The number of aliphatic hydroxyl groups is 1. The molecular formula is C27H56N2O10P2S. The number of unbranched alkanes of at least 4 members (excludes halogenated alkanes) is 13. The normalized spacial score (nSPS) is 14.4. The summed E-state index contributed by atoms with van der Waals surface area (Å²) in [6.07, 6.45) is 17.1. The van der Waals surface area contributed by atoms with E-state index in [4.69, 9.17) is 9.79 Å². The van der Waals surface area contributed by atoms with Crippen molar-refractivity contribution in [3.8, 4) is 0 Å². The number of hydrogen-bond donors (Lipinski definition) is 6. The van der Waals surface area contributed by atoms with Gasteiger partial charge in [0, 0.05) is 30.7 Å². The third kappa shape index (κ3) is 24.9. The standard InChI is InChI=1S/C27H56N2O10P2S/c1-4-5-6-7-8-9-10-11-12-13-14-15-16-17-21-42-22-20-28-24(30)18-19-29-26(32)25(31)27(2,3)23-38-41(36,37)39-40(33,34)35/h25,31H,4-23H2,1-3H3,(H,28,30)(H,29,32)(H,36,37)(H2,33,34,35)/t25-/m1/s1. The fraction of sp³-hybridized carbons (Fsp3) is 0.926. The van der Waals surface area contributed by atoms with Crippen LogP contribution in [-0.4, -0.2) is 68.9 Å². The summed E-state index contributed by atoms with van der Waals surface area (Å²) in [6, 6.07) is 0. The molecule has 250 valence electrons. The van der Waals surface area contributed by atoms with Crippen LogP contribution >= 0.6 is 27.4 Å². The fourth-order valence-corrected chi connectivity index (χ4v) is 6.71. The molecule has 12 nitrogen and oxygen atoms in total. The van der Waals surface area contributed by atoms with E-state index in [0.717, 1.165) is 11.5 Å². The Morgan fingerprint density at radius 2 is 1.29 bits per heavy atom. The zero-order valence-electron chi connectivity index (χ0n) is 25.8. The van der Waals surface area contributed by atoms with Crippen LogP contribution in [0.4, 0.5) is 0 Å². The van der Waals surface area contributed by atoms with Gasteiger partial charge in [-0.25, -0.2) is 9.13 Å². The third-order valence-electron chi connectivity index (χ3n) is 6.66. The first-order chi connectivity index (χ1) is 19.7. The van der Waals surface area contributed by atoms with Gasteiger partial charge in [0.15, 0.2) is 0 Å². The summed E-state index contributed by atoms with van der Waals surface area (Å²) in [5.74, 6) is 0.812. The van der Waals surface area contributed by atoms with Crippen molar-refractivity contribution in [3.63, 3.8) is 0 Å². The molecule has 2 atom stereocenters. The predicted octanol–water partition coefficient (Wildman–Crippen LogP) is 5.44. The Morgan fingerprint density at radius 1 is 0.786 bits per heavy atom.